The Morgan fingerprint density at radius 3 is 2.14 bits per heavy atom. The molecule has 1 unspecified atom stereocenters. The van der Waals surface area contributed by atoms with Crippen molar-refractivity contribution in [3.8, 4) is 0 Å². The number of rotatable bonds is 14. The van der Waals surface area contributed by atoms with Crippen molar-refractivity contribution in [2.75, 3.05) is 0 Å². The Hall–Kier alpha value is -0.710. The number of unbranched alkanes of at least 4 members (excludes halogenated alkanes) is 7. The Balaban J connectivity index is 3.35. The van der Waals surface area contributed by atoms with Gasteiger partial charge >= 0.3 is 11.9 Å². The van der Waals surface area contributed by atoms with Gasteiger partial charge in [-0.05, 0) is 6.42 Å². The molecule has 0 bridgehead atoms. The highest BCUT2D eigenvalue weighted by atomic mass is 32.2. The van der Waals surface area contributed by atoms with E-state index in [0.29, 0.717) is 0 Å². The minimum Gasteiger partial charge on any atom is -0.481 e. The molecule has 4 nitrogen and oxygen atoms in total. The van der Waals surface area contributed by atoms with Crippen LogP contribution < -0.4 is 0 Å². The van der Waals surface area contributed by atoms with Gasteiger partial charge in [0.25, 0.3) is 0 Å². The van der Waals surface area contributed by atoms with Crippen LogP contribution in [-0.4, -0.2) is 22.3 Å². The van der Waals surface area contributed by atoms with Crippen LogP contribution in [0.25, 0.3) is 0 Å². The van der Waals surface area contributed by atoms with Crippen LogP contribution in [0.4, 0.5) is 0 Å². The number of aliphatic carboxylic acids is 1. The maximum atomic E-state index is 11.2. The molecule has 124 valence electrons. The van der Waals surface area contributed by atoms with Crippen molar-refractivity contribution in [2.45, 2.75) is 89.7 Å². The van der Waals surface area contributed by atoms with Crippen LogP contribution in [0.1, 0.15) is 84.5 Å². The van der Waals surface area contributed by atoms with Gasteiger partial charge in [-0.3, -0.25) is 9.59 Å². The summed E-state index contributed by atoms with van der Waals surface area (Å²) in [4.78, 5) is 21.6. The monoisotopic (exact) mass is 318 g/mol. The smallest absolute Gasteiger partial charge is 0.318 e. The number of carboxylic acid groups (broad SMARTS) is 1. The van der Waals surface area contributed by atoms with E-state index in [0.717, 1.165) is 12.8 Å². The van der Waals surface area contributed by atoms with Crippen molar-refractivity contribution in [3.63, 3.8) is 0 Å². The Kier molecular flexibility index (Phi) is 13.8. The number of carbonyl (C=O) groups is 2. The number of hydrogen-bond donors (Lipinski definition) is 1. The summed E-state index contributed by atoms with van der Waals surface area (Å²) >= 11 is 1.17. The van der Waals surface area contributed by atoms with E-state index in [9.17, 15) is 9.59 Å². The van der Waals surface area contributed by atoms with Gasteiger partial charge in [0.1, 0.15) is 0 Å². The van der Waals surface area contributed by atoms with E-state index in [1.165, 1.54) is 57.0 Å². The molecule has 0 saturated heterocycles. The Bertz CT molecular complexity index is 281. The number of carboxylic acids is 1. The highest BCUT2D eigenvalue weighted by molar-refractivity contribution is 7.95. The van der Waals surface area contributed by atoms with E-state index < -0.39 is 11.9 Å². The largest absolute Gasteiger partial charge is 0.481 e. The van der Waals surface area contributed by atoms with Crippen molar-refractivity contribution in [3.05, 3.63) is 0 Å². The average molecular weight is 318 g/mol. The molecule has 1 N–H and O–H groups in total. The van der Waals surface area contributed by atoms with Crippen LogP contribution in [0.3, 0.4) is 0 Å². The SMILES string of the molecule is CCCCCCCCCCC(C)SOC(=O)CCC(=O)O. The molecule has 0 aliphatic carbocycles. The van der Waals surface area contributed by atoms with Crippen LogP contribution in [0.5, 0.6) is 0 Å². The molecule has 0 heterocycles. The van der Waals surface area contributed by atoms with Gasteiger partial charge in [-0.15, -0.1) is 0 Å². The minimum absolute atomic E-state index is 0.0488. The predicted octanol–water partition coefficient (Wildman–Crippen LogP) is 4.96. The lowest BCUT2D eigenvalue weighted by Crippen LogP contribution is -2.06. The molecule has 5 heteroatoms. The third kappa shape index (κ3) is 15.5. The molecule has 0 amide bonds. The fraction of sp³-hybridized carbons (Fsp3) is 0.875. The third-order valence-corrected chi connectivity index (χ3v) is 4.16. The summed E-state index contributed by atoms with van der Waals surface area (Å²) in [7, 11) is 0. The number of hydrogen-bond acceptors (Lipinski definition) is 4. The molecule has 0 aromatic heterocycles. The standard InChI is InChI=1S/C16H30O4S/c1-3-4-5-6-7-8-9-10-11-14(2)21-20-16(19)13-12-15(17)18/h14H,3-13H2,1-2H3,(H,17,18). The van der Waals surface area contributed by atoms with Gasteiger partial charge in [0, 0.05) is 5.25 Å². The van der Waals surface area contributed by atoms with Gasteiger partial charge in [0.05, 0.1) is 24.9 Å². The molecule has 0 aliphatic rings. The van der Waals surface area contributed by atoms with Crippen molar-refractivity contribution in [1.29, 1.82) is 0 Å². The first-order chi connectivity index (χ1) is 10.1. The summed E-state index contributed by atoms with van der Waals surface area (Å²) in [5, 5.41) is 8.74. The van der Waals surface area contributed by atoms with Gasteiger partial charge in [-0.2, -0.15) is 0 Å². The quantitative estimate of drug-likeness (QED) is 0.362. The lowest BCUT2D eigenvalue weighted by Gasteiger charge is -2.09. The molecule has 0 saturated carbocycles. The van der Waals surface area contributed by atoms with E-state index in [1.54, 1.807) is 0 Å². The first kappa shape index (κ1) is 20.3. The van der Waals surface area contributed by atoms with Gasteiger partial charge in [-0.25, -0.2) is 0 Å². The van der Waals surface area contributed by atoms with Crippen LogP contribution in [-0.2, 0) is 13.8 Å². The van der Waals surface area contributed by atoms with Crippen molar-refractivity contribution in [1.82, 2.24) is 0 Å². The third-order valence-electron chi connectivity index (χ3n) is 3.31. The molecule has 0 rings (SSSR count). The van der Waals surface area contributed by atoms with Crippen LogP contribution in [0, 0.1) is 0 Å². The van der Waals surface area contributed by atoms with Gasteiger partial charge in [0.2, 0.25) is 0 Å². The number of carbonyl (C=O) groups excluding carboxylic acids is 1. The van der Waals surface area contributed by atoms with Crippen molar-refractivity contribution >= 4 is 24.0 Å². The van der Waals surface area contributed by atoms with Crippen molar-refractivity contribution < 1.29 is 18.9 Å². The normalized spacial score (nSPS) is 12.1. The summed E-state index contributed by atoms with van der Waals surface area (Å²) < 4.78 is 4.99. The molecule has 0 aliphatic heterocycles. The topological polar surface area (TPSA) is 63.6 Å². The summed E-state index contributed by atoms with van der Waals surface area (Å²) in [5.41, 5.74) is 0. The molecular weight excluding hydrogens is 288 g/mol. The molecule has 0 aromatic carbocycles. The maximum Gasteiger partial charge on any atom is 0.318 e. The van der Waals surface area contributed by atoms with E-state index in [2.05, 4.69) is 6.92 Å². The van der Waals surface area contributed by atoms with E-state index in [-0.39, 0.29) is 18.1 Å². The summed E-state index contributed by atoms with van der Waals surface area (Å²) in [6.07, 6.45) is 11.2. The van der Waals surface area contributed by atoms with E-state index in [4.69, 9.17) is 9.29 Å². The predicted molar refractivity (Wildman–Crippen MR) is 87.2 cm³/mol. The Morgan fingerprint density at radius 2 is 1.57 bits per heavy atom. The van der Waals surface area contributed by atoms with Gasteiger partial charge in [0.15, 0.2) is 0 Å². The molecule has 0 fully saturated rings. The fourth-order valence-corrected chi connectivity index (χ4v) is 2.62. The molecule has 0 spiro atoms. The lowest BCUT2D eigenvalue weighted by atomic mass is 10.1. The first-order valence-electron chi connectivity index (χ1n) is 8.14. The van der Waals surface area contributed by atoms with Gasteiger partial charge < -0.3 is 9.29 Å². The minimum atomic E-state index is -0.969. The molecule has 0 radical (unpaired) electrons. The second-order valence-corrected chi connectivity index (χ2v) is 6.68. The zero-order valence-corrected chi connectivity index (χ0v) is 14.3. The van der Waals surface area contributed by atoms with Crippen LogP contribution in [0.2, 0.25) is 0 Å². The average Bonchev–Trinajstić information content (AvgIpc) is 2.45. The lowest BCUT2D eigenvalue weighted by molar-refractivity contribution is -0.141. The van der Waals surface area contributed by atoms with Gasteiger partial charge in [-0.1, -0.05) is 65.2 Å². The molecule has 0 aromatic rings. The summed E-state index contributed by atoms with van der Waals surface area (Å²) in [6, 6.07) is 0. The van der Waals surface area contributed by atoms with Crippen LogP contribution in [0.15, 0.2) is 0 Å². The zero-order chi connectivity index (χ0) is 15.9. The fourth-order valence-electron chi connectivity index (χ4n) is 2.00. The molecule has 21 heavy (non-hydrogen) atoms. The molecular formula is C16H30O4S. The first-order valence-corrected chi connectivity index (χ1v) is 8.94. The highest BCUT2D eigenvalue weighted by Gasteiger charge is 2.10. The van der Waals surface area contributed by atoms with E-state index >= 15 is 0 Å². The summed E-state index contributed by atoms with van der Waals surface area (Å²) in [5.74, 6) is -1.41. The maximum absolute atomic E-state index is 11.2. The van der Waals surface area contributed by atoms with Crippen molar-refractivity contribution in [2.24, 2.45) is 0 Å². The second-order valence-electron chi connectivity index (χ2n) is 5.52. The Labute approximate surface area is 133 Å². The Morgan fingerprint density at radius 1 is 1.00 bits per heavy atom. The zero-order valence-electron chi connectivity index (χ0n) is 13.4. The molecule has 1 atom stereocenters. The highest BCUT2D eigenvalue weighted by Crippen LogP contribution is 2.20. The van der Waals surface area contributed by atoms with Crippen LogP contribution >= 0.6 is 12.0 Å². The van der Waals surface area contributed by atoms with E-state index in [1.807, 2.05) is 6.92 Å². The second kappa shape index (κ2) is 14.2. The summed E-state index contributed by atoms with van der Waals surface area (Å²) in [6.45, 7) is 4.27.